The molecule has 0 aromatic carbocycles. The maximum absolute atomic E-state index is 11.9. The molecule has 1 aromatic rings. The summed E-state index contributed by atoms with van der Waals surface area (Å²) in [6, 6.07) is 0.458. The Balaban J connectivity index is 2.02. The van der Waals surface area contributed by atoms with Gasteiger partial charge in [-0.2, -0.15) is 5.10 Å². The lowest BCUT2D eigenvalue weighted by molar-refractivity contribution is 0.194. The van der Waals surface area contributed by atoms with Gasteiger partial charge in [-0.1, -0.05) is 18.0 Å². The van der Waals surface area contributed by atoms with E-state index in [1.54, 1.807) is 6.20 Å². The lowest BCUT2D eigenvalue weighted by Gasteiger charge is -2.32. The maximum atomic E-state index is 11.9. The van der Waals surface area contributed by atoms with E-state index in [1.807, 2.05) is 0 Å². The first-order valence-corrected chi connectivity index (χ1v) is 7.32. The highest BCUT2D eigenvalue weighted by molar-refractivity contribution is 6.32. The molecular weight excluding hydrogens is 280 g/mol. The molecule has 112 valence electrons. The van der Waals surface area contributed by atoms with Crippen molar-refractivity contribution in [3.63, 3.8) is 0 Å². The summed E-state index contributed by atoms with van der Waals surface area (Å²) in [6.07, 6.45) is 5.17. The second-order valence-electron chi connectivity index (χ2n) is 5.14. The van der Waals surface area contributed by atoms with Crippen LogP contribution < -0.4 is 10.9 Å². The molecule has 1 fully saturated rings. The van der Waals surface area contributed by atoms with E-state index in [0.717, 1.165) is 19.5 Å². The zero-order valence-electron chi connectivity index (χ0n) is 11.7. The van der Waals surface area contributed by atoms with Gasteiger partial charge < -0.3 is 15.3 Å². The molecule has 1 aliphatic heterocycles. The predicted molar refractivity (Wildman–Crippen MR) is 79.4 cm³/mol. The van der Waals surface area contributed by atoms with E-state index in [2.05, 4.69) is 22.4 Å². The zero-order valence-corrected chi connectivity index (χ0v) is 12.4. The van der Waals surface area contributed by atoms with Gasteiger partial charge in [0.2, 0.25) is 0 Å². The van der Waals surface area contributed by atoms with Gasteiger partial charge in [-0.25, -0.2) is 4.68 Å². The van der Waals surface area contributed by atoms with Crippen molar-refractivity contribution in [2.24, 2.45) is 0 Å². The van der Waals surface area contributed by atoms with Crippen LogP contribution in [-0.2, 0) is 6.54 Å². The van der Waals surface area contributed by atoms with Crippen molar-refractivity contribution in [1.29, 1.82) is 0 Å². The van der Waals surface area contributed by atoms with E-state index < -0.39 is 0 Å². The molecule has 7 heteroatoms. The van der Waals surface area contributed by atoms with Crippen molar-refractivity contribution in [1.82, 2.24) is 14.7 Å². The Morgan fingerprint density at radius 1 is 1.55 bits per heavy atom. The third kappa shape index (κ3) is 3.50. The monoisotopic (exact) mass is 300 g/mol. The number of anilines is 1. The highest BCUT2D eigenvalue weighted by Crippen LogP contribution is 2.18. The van der Waals surface area contributed by atoms with Gasteiger partial charge in [0, 0.05) is 12.6 Å². The third-order valence-electron chi connectivity index (χ3n) is 3.75. The normalized spacial score (nSPS) is 20.1. The molecule has 2 rings (SSSR count). The molecule has 0 amide bonds. The summed E-state index contributed by atoms with van der Waals surface area (Å²) in [7, 11) is 2.12. The summed E-state index contributed by atoms with van der Waals surface area (Å²) in [4.78, 5) is 14.2. The highest BCUT2D eigenvalue weighted by Gasteiger charge is 2.19. The van der Waals surface area contributed by atoms with E-state index in [0.29, 0.717) is 11.7 Å². The average Bonchev–Trinajstić information content (AvgIpc) is 2.45. The SMILES string of the molecule is CN1CCCCC1CNc1cnn(CCO)c(=O)c1Cl. The Morgan fingerprint density at radius 3 is 3.05 bits per heavy atom. The lowest BCUT2D eigenvalue weighted by Crippen LogP contribution is -2.41. The van der Waals surface area contributed by atoms with Gasteiger partial charge in [-0.15, -0.1) is 0 Å². The Labute approximate surface area is 123 Å². The standard InChI is InChI=1S/C13H21ClN4O2/c1-17-5-3-2-4-10(17)8-15-11-9-16-18(6-7-19)13(20)12(11)14/h9-10,15,19H,2-8H2,1H3. The number of aliphatic hydroxyl groups excluding tert-OH is 1. The molecule has 2 heterocycles. The molecule has 2 N–H and O–H groups in total. The number of hydrogen-bond donors (Lipinski definition) is 2. The van der Waals surface area contributed by atoms with E-state index in [4.69, 9.17) is 16.7 Å². The first-order valence-electron chi connectivity index (χ1n) is 6.94. The van der Waals surface area contributed by atoms with Crippen LogP contribution in [0.3, 0.4) is 0 Å². The Bertz CT molecular complexity index is 506. The topological polar surface area (TPSA) is 70.4 Å². The average molecular weight is 301 g/mol. The fourth-order valence-corrected chi connectivity index (χ4v) is 2.69. The summed E-state index contributed by atoms with van der Waals surface area (Å²) < 4.78 is 1.17. The van der Waals surface area contributed by atoms with Gasteiger partial charge in [0.05, 0.1) is 25.0 Å². The summed E-state index contributed by atoms with van der Waals surface area (Å²) in [5.41, 5.74) is 0.188. The van der Waals surface area contributed by atoms with Crippen molar-refractivity contribution in [3.05, 3.63) is 21.6 Å². The Kier molecular flexibility index (Phi) is 5.39. The van der Waals surface area contributed by atoms with Crippen molar-refractivity contribution >= 4 is 17.3 Å². The van der Waals surface area contributed by atoms with Gasteiger partial charge in [-0.3, -0.25) is 4.79 Å². The molecular formula is C13H21ClN4O2. The number of rotatable bonds is 5. The molecule has 0 aliphatic carbocycles. The molecule has 0 radical (unpaired) electrons. The number of piperidine rings is 1. The highest BCUT2D eigenvalue weighted by atomic mass is 35.5. The number of nitrogens with zero attached hydrogens (tertiary/aromatic N) is 3. The molecule has 1 unspecified atom stereocenters. The minimum atomic E-state index is -0.372. The van der Waals surface area contributed by atoms with Crippen molar-refractivity contribution in [2.45, 2.75) is 31.8 Å². The van der Waals surface area contributed by atoms with Crippen LogP contribution in [0.1, 0.15) is 19.3 Å². The molecule has 1 saturated heterocycles. The second-order valence-corrected chi connectivity index (χ2v) is 5.51. The van der Waals surface area contributed by atoms with Gasteiger partial charge in [-0.05, 0) is 26.4 Å². The largest absolute Gasteiger partial charge is 0.394 e. The third-order valence-corrected chi connectivity index (χ3v) is 4.11. The van der Waals surface area contributed by atoms with Gasteiger partial charge in [0.25, 0.3) is 5.56 Å². The quantitative estimate of drug-likeness (QED) is 0.841. The molecule has 0 saturated carbocycles. The van der Waals surface area contributed by atoms with E-state index >= 15 is 0 Å². The van der Waals surface area contributed by atoms with Crippen LogP contribution in [0.15, 0.2) is 11.0 Å². The first kappa shape index (κ1) is 15.3. The maximum Gasteiger partial charge on any atom is 0.287 e. The molecule has 1 aliphatic rings. The Hall–Kier alpha value is -1.11. The predicted octanol–water partition coefficient (Wildman–Crippen LogP) is 0.785. The van der Waals surface area contributed by atoms with Crippen LogP contribution in [0.2, 0.25) is 5.02 Å². The second kappa shape index (κ2) is 7.06. The van der Waals surface area contributed by atoms with Crippen LogP contribution in [0.5, 0.6) is 0 Å². The summed E-state index contributed by atoms with van der Waals surface area (Å²) in [5, 5.41) is 16.2. The number of likely N-dealkylation sites (N-methyl/N-ethyl adjacent to an activating group) is 1. The van der Waals surface area contributed by atoms with Crippen molar-refractivity contribution in [2.75, 3.05) is 32.1 Å². The van der Waals surface area contributed by atoms with Crippen LogP contribution in [-0.4, -0.2) is 52.6 Å². The first-order chi connectivity index (χ1) is 9.63. The molecule has 6 nitrogen and oxygen atoms in total. The van der Waals surface area contributed by atoms with Crippen LogP contribution in [0.25, 0.3) is 0 Å². The molecule has 0 spiro atoms. The fraction of sp³-hybridized carbons (Fsp3) is 0.692. The van der Waals surface area contributed by atoms with Crippen molar-refractivity contribution < 1.29 is 5.11 Å². The van der Waals surface area contributed by atoms with Gasteiger partial charge >= 0.3 is 0 Å². The number of nitrogens with one attached hydrogen (secondary N) is 1. The Morgan fingerprint density at radius 2 is 2.35 bits per heavy atom. The fourth-order valence-electron chi connectivity index (χ4n) is 2.47. The van der Waals surface area contributed by atoms with Crippen LogP contribution in [0, 0.1) is 0 Å². The van der Waals surface area contributed by atoms with E-state index in [9.17, 15) is 4.79 Å². The summed E-state index contributed by atoms with van der Waals surface area (Å²) >= 11 is 6.06. The van der Waals surface area contributed by atoms with E-state index in [1.165, 1.54) is 17.5 Å². The lowest BCUT2D eigenvalue weighted by atomic mass is 10.0. The summed E-state index contributed by atoms with van der Waals surface area (Å²) in [6.45, 7) is 1.88. The smallest absolute Gasteiger partial charge is 0.287 e. The van der Waals surface area contributed by atoms with Gasteiger partial charge in [0.1, 0.15) is 5.02 Å². The number of aliphatic hydroxyl groups is 1. The van der Waals surface area contributed by atoms with Gasteiger partial charge in [0.15, 0.2) is 0 Å². The number of likely N-dealkylation sites (tertiary alicyclic amines) is 1. The van der Waals surface area contributed by atoms with Crippen LogP contribution in [0.4, 0.5) is 5.69 Å². The zero-order chi connectivity index (χ0) is 14.5. The number of hydrogen-bond acceptors (Lipinski definition) is 5. The van der Waals surface area contributed by atoms with E-state index in [-0.39, 0.29) is 23.7 Å². The summed E-state index contributed by atoms with van der Waals surface area (Å²) in [5.74, 6) is 0. The minimum Gasteiger partial charge on any atom is -0.394 e. The molecule has 1 atom stereocenters. The van der Waals surface area contributed by atoms with Crippen molar-refractivity contribution in [3.8, 4) is 0 Å². The minimum absolute atomic E-state index is 0.131. The molecule has 20 heavy (non-hydrogen) atoms. The number of halogens is 1. The molecule has 1 aromatic heterocycles. The number of aromatic nitrogens is 2. The molecule has 0 bridgehead atoms. The van der Waals surface area contributed by atoms with Crippen LogP contribution >= 0.6 is 11.6 Å².